The van der Waals surface area contributed by atoms with E-state index in [1.807, 2.05) is 20.8 Å². The third kappa shape index (κ3) is 4.98. The van der Waals surface area contributed by atoms with Crippen molar-refractivity contribution in [3.63, 3.8) is 0 Å². The molecule has 0 aliphatic heterocycles. The van der Waals surface area contributed by atoms with Gasteiger partial charge in [0.15, 0.2) is 0 Å². The zero-order valence-electron chi connectivity index (χ0n) is 11.8. The van der Waals surface area contributed by atoms with E-state index < -0.39 is 21.8 Å². The fraction of sp³-hybridized carbons (Fsp3) is 0.727. The Morgan fingerprint density at radius 3 is 2.42 bits per heavy atom. The number of hydrogen-bond donors (Lipinski definition) is 2. The van der Waals surface area contributed by atoms with E-state index >= 15 is 0 Å². The van der Waals surface area contributed by atoms with Gasteiger partial charge in [0, 0.05) is 17.7 Å². The van der Waals surface area contributed by atoms with E-state index in [4.69, 9.17) is 0 Å². The predicted molar refractivity (Wildman–Crippen MR) is 71.7 cm³/mol. The SMILES string of the molecule is CC(CS(C)(=O)=O)NC(=O)c1n[nH]c(C(C)(C)C)n1. The second kappa shape index (κ2) is 5.28. The van der Waals surface area contributed by atoms with Crippen molar-refractivity contribution in [2.75, 3.05) is 12.0 Å². The van der Waals surface area contributed by atoms with E-state index in [1.165, 1.54) is 0 Å². The highest BCUT2D eigenvalue weighted by atomic mass is 32.2. The molecule has 19 heavy (non-hydrogen) atoms. The van der Waals surface area contributed by atoms with E-state index in [9.17, 15) is 13.2 Å². The van der Waals surface area contributed by atoms with Crippen molar-refractivity contribution in [3.8, 4) is 0 Å². The minimum atomic E-state index is -3.13. The second-order valence-corrected chi connectivity index (χ2v) is 7.91. The molecular weight excluding hydrogens is 268 g/mol. The molecule has 108 valence electrons. The number of carbonyl (C=O) groups is 1. The van der Waals surface area contributed by atoms with Crippen LogP contribution in [0.25, 0.3) is 0 Å². The van der Waals surface area contributed by atoms with Crippen LogP contribution in [0.2, 0.25) is 0 Å². The summed E-state index contributed by atoms with van der Waals surface area (Å²) in [4.78, 5) is 15.9. The first-order valence-corrected chi connectivity index (χ1v) is 7.96. The molecule has 0 fully saturated rings. The number of nitrogens with one attached hydrogen (secondary N) is 2. The summed E-state index contributed by atoms with van der Waals surface area (Å²) in [5.74, 6) is 0.0246. The number of hydrogen-bond acceptors (Lipinski definition) is 5. The molecule has 0 aliphatic carbocycles. The lowest BCUT2D eigenvalue weighted by atomic mass is 9.96. The van der Waals surface area contributed by atoms with Crippen molar-refractivity contribution in [2.24, 2.45) is 0 Å². The highest BCUT2D eigenvalue weighted by Gasteiger charge is 2.22. The Morgan fingerprint density at radius 2 is 2.00 bits per heavy atom. The van der Waals surface area contributed by atoms with Crippen LogP contribution >= 0.6 is 0 Å². The van der Waals surface area contributed by atoms with Crippen LogP contribution in [0.5, 0.6) is 0 Å². The summed E-state index contributed by atoms with van der Waals surface area (Å²) < 4.78 is 22.2. The molecule has 2 N–H and O–H groups in total. The van der Waals surface area contributed by atoms with Crippen molar-refractivity contribution < 1.29 is 13.2 Å². The fourth-order valence-electron chi connectivity index (χ4n) is 1.48. The fourth-order valence-corrected chi connectivity index (χ4v) is 2.47. The first-order valence-electron chi connectivity index (χ1n) is 5.90. The van der Waals surface area contributed by atoms with E-state index in [1.54, 1.807) is 6.92 Å². The first kappa shape index (κ1) is 15.6. The summed E-state index contributed by atoms with van der Waals surface area (Å²) in [6.07, 6.45) is 1.13. The van der Waals surface area contributed by atoms with Gasteiger partial charge >= 0.3 is 0 Å². The maximum atomic E-state index is 11.8. The zero-order chi connectivity index (χ0) is 14.8. The number of nitrogens with zero attached hydrogens (tertiary/aromatic N) is 2. The molecule has 0 saturated heterocycles. The molecule has 1 rings (SSSR count). The van der Waals surface area contributed by atoms with E-state index in [-0.39, 0.29) is 17.0 Å². The number of amides is 1. The summed E-state index contributed by atoms with van der Waals surface area (Å²) >= 11 is 0. The normalized spacial score (nSPS) is 14.2. The molecule has 1 amide bonds. The summed E-state index contributed by atoms with van der Waals surface area (Å²) in [5.41, 5.74) is -0.232. The zero-order valence-corrected chi connectivity index (χ0v) is 12.6. The van der Waals surface area contributed by atoms with E-state index in [0.717, 1.165) is 6.26 Å². The first-order chi connectivity index (χ1) is 8.49. The Kier molecular flexibility index (Phi) is 4.34. The Bertz CT molecular complexity index is 557. The molecule has 1 atom stereocenters. The maximum Gasteiger partial charge on any atom is 0.291 e. The minimum absolute atomic E-state index is 0.0188. The summed E-state index contributed by atoms with van der Waals surface area (Å²) in [7, 11) is -3.13. The van der Waals surface area contributed by atoms with Crippen molar-refractivity contribution in [2.45, 2.75) is 39.2 Å². The van der Waals surface area contributed by atoms with Crippen molar-refractivity contribution >= 4 is 15.7 Å². The van der Waals surface area contributed by atoms with Crippen LogP contribution in [0, 0.1) is 0 Å². The third-order valence-electron chi connectivity index (χ3n) is 2.33. The second-order valence-electron chi connectivity index (χ2n) is 5.72. The lowest BCUT2D eigenvalue weighted by Gasteiger charge is -2.13. The highest BCUT2D eigenvalue weighted by molar-refractivity contribution is 7.90. The number of aromatic amines is 1. The number of aromatic nitrogens is 3. The summed E-state index contributed by atoms with van der Waals surface area (Å²) in [6.45, 7) is 7.46. The molecule has 8 heteroatoms. The third-order valence-corrected chi connectivity index (χ3v) is 3.43. The van der Waals surface area contributed by atoms with Crippen LogP contribution in [0.1, 0.15) is 44.1 Å². The monoisotopic (exact) mass is 288 g/mol. The van der Waals surface area contributed by atoms with Crippen LogP contribution in [-0.2, 0) is 15.3 Å². The maximum absolute atomic E-state index is 11.8. The molecule has 1 heterocycles. The summed E-state index contributed by atoms with van der Waals surface area (Å²) in [6, 6.07) is -0.487. The van der Waals surface area contributed by atoms with Gasteiger partial charge in [-0.1, -0.05) is 20.8 Å². The van der Waals surface area contributed by atoms with Gasteiger partial charge in [0.25, 0.3) is 5.91 Å². The Balaban J connectivity index is 2.72. The average molecular weight is 288 g/mol. The lowest BCUT2D eigenvalue weighted by Crippen LogP contribution is -2.37. The number of sulfone groups is 1. The van der Waals surface area contributed by atoms with Gasteiger partial charge in [-0.2, -0.15) is 0 Å². The van der Waals surface area contributed by atoms with Crippen LogP contribution in [0.3, 0.4) is 0 Å². The molecule has 0 bridgehead atoms. The van der Waals surface area contributed by atoms with Gasteiger partial charge in [-0.05, 0) is 6.92 Å². The quantitative estimate of drug-likeness (QED) is 0.827. The Labute approximate surface area is 113 Å². The molecular formula is C11H20N4O3S. The van der Waals surface area contributed by atoms with Gasteiger partial charge in [0.2, 0.25) is 5.82 Å². The molecule has 0 aromatic carbocycles. The molecule has 0 saturated carbocycles. The molecule has 1 aromatic heterocycles. The van der Waals surface area contributed by atoms with Crippen LogP contribution < -0.4 is 5.32 Å². The van der Waals surface area contributed by atoms with Gasteiger partial charge in [-0.25, -0.2) is 13.4 Å². The van der Waals surface area contributed by atoms with Gasteiger partial charge < -0.3 is 5.32 Å². The van der Waals surface area contributed by atoms with Gasteiger partial charge in [0.05, 0.1) is 5.75 Å². The van der Waals surface area contributed by atoms with E-state index in [2.05, 4.69) is 20.5 Å². The van der Waals surface area contributed by atoms with E-state index in [0.29, 0.717) is 5.82 Å². The van der Waals surface area contributed by atoms with Crippen LogP contribution in [0.4, 0.5) is 0 Å². The Morgan fingerprint density at radius 1 is 1.42 bits per heavy atom. The predicted octanol–water partition coefficient (Wildman–Crippen LogP) is 0.265. The van der Waals surface area contributed by atoms with Crippen molar-refractivity contribution in [1.29, 1.82) is 0 Å². The van der Waals surface area contributed by atoms with Gasteiger partial charge in [-0.3, -0.25) is 9.89 Å². The number of carbonyl (C=O) groups excluding carboxylic acids is 1. The van der Waals surface area contributed by atoms with Gasteiger partial charge in [0.1, 0.15) is 15.7 Å². The number of rotatable bonds is 4. The van der Waals surface area contributed by atoms with Crippen molar-refractivity contribution in [3.05, 3.63) is 11.6 Å². The molecule has 0 spiro atoms. The summed E-state index contributed by atoms with van der Waals surface area (Å²) in [5, 5.41) is 9.10. The van der Waals surface area contributed by atoms with Crippen LogP contribution in [0.15, 0.2) is 0 Å². The largest absolute Gasteiger partial charge is 0.346 e. The number of H-pyrrole nitrogens is 1. The highest BCUT2D eigenvalue weighted by Crippen LogP contribution is 2.17. The molecule has 0 radical (unpaired) electrons. The topological polar surface area (TPSA) is 105 Å². The molecule has 7 nitrogen and oxygen atoms in total. The van der Waals surface area contributed by atoms with Crippen molar-refractivity contribution in [1.82, 2.24) is 20.5 Å². The smallest absolute Gasteiger partial charge is 0.291 e. The lowest BCUT2D eigenvalue weighted by molar-refractivity contribution is 0.0933. The Hall–Kier alpha value is -1.44. The standard InChI is InChI=1S/C11H20N4O3S/c1-7(6-19(5,17)18)12-9(16)8-13-10(15-14-8)11(2,3)4/h7H,6H2,1-5H3,(H,12,16)(H,13,14,15). The minimum Gasteiger partial charge on any atom is -0.346 e. The molecule has 1 aromatic rings. The van der Waals surface area contributed by atoms with Crippen LogP contribution in [-0.4, -0.2) is 47.6 Å². The average Bonchev–Trinajstić information content (AvgIpc) is 2.61. The molecule has 1 unspecified atom stereocenters. The molecule has 0 aliphatic rings. The van der Waals surface area contributed by atoms with Gasteiger partial charge in [-0.15, -0.1) is 5.10 Å².